The summed E-state index contributed by atoms with van der Waals surface area (Å²) in [5.41, 5.74) is 1.86. The number of fused-ring (bicyclic) bond motifs is 4. The predicted molar refractivity (Wildman–Crippen MR) is 82.8 cm³/mol. The first-order valence-corrected chi connectivity index (χ1v) is 7.60. The first-order chi connectivity index (χ1) is 10.2. The Labute approximate surface area is 123 Å². The largest absolute Gasteiger partial charge is 0.283 e. The second kappa shape index (κ2) is 4.29. The van der Waals surface area contributed by atoms with Crippen molar-refractivity contribution in [2.75, 3.05) is 6.26 Å². The van der Waals surface area contributed by atoms with E-state index in [0.717, 1.165) is 10.9 Å². The average molecular weight is 297 g/mol. The molecule has 4 rings (SSSR count). The van der Waals surface area contributed by atoms with Crippen LogP contribution in [-0.2, 0) is 7.05 Å². The van der Waals surface area contributed by atoms with E-state index in [1.54, 1.807) is 10.7 Å². The number of aryl methyl sites for hydroxylation is 1. The summed E-state index contributed by atoms with van der Waals surface area (Å²) in [5.74, 6) is 0. The maximum absolute atomic E-state index is 12.7. The van der Waals surface area contributed by atoms with Crippen LogP contribution in [0.1, 0.15) is 0 Å². The molecule has 0 saturated heterocycles. The molecule has 0 radical (unpaired) electrons. The summed E-state index contributed by atoms with van der Waals surface area (Å²) < 4.78 is 3.37. The second-order valence-electron chi connectivity index (χ2n) is 4.69. The average Bonchev–Trinajstić information content (AvgIpc) is 2.81. The number of rotatable bonds is 1. The van der Waals surface area contributed by atoms with Crippen molar-refractivity contribution in [3.8, 4) is 0 Å². The predicted octanol–water partition coefficient (Wildman–Crippen LogP) is 1.85. The normalized spacial score (nSPS) is 11.7. The Hall–Kier alpha value is -2.41. The molecule has 0 bridgehead atoms. The van der Waals surface area contributed by atoms with E-state index in [0.29, 0.717) is 21.8 Å². The van der Waals surface area contributed by atoms with Gasteiger partial charge in [0.25, 0.3) is 5.56 Å². The smallest absolute Gasteiger partial charge is 0.279 e. The van der Waals surface area contributed by atoms with E-state index in [9.17, 15) is 4.79 Å². The Morgan fingerprint density at radius 1 is 1.14 bits per heavy atom. The number of hydrogen-bond acceptors (Lipinski definition) is 5. The molecule has 0 unspecified atom stereocenters. The van der Waals surface area contributed by atoms with E-state index in [4.69, 9.17) is 0 Å². The van der Waals surface area contributed by atoms with Crippen LogP contribution in [0.3, 0.4) is 0 Å². The Morgan fingerprint density at radius 2 is 1.95 bits per heavy atom. The van der Waals surface area contributed by atoms with Crippen molar-refractivity contribution in [1.82, 2.24) is 24.1 Å². The quantitative estimate of drug-likeness (QED) is 0.396. The fourth-order valence-electron chi connectivity index (χ4n) is 2.55. The number of benzene rings is 1. The standard InChI is InChI=1S/C14H11N5OS/c1-18-10-6-4-3-5-8(10)12-16-11-9(13(20)19(12)18)7-15-14(17-11)21-2/h3-7H,1-2H3. The van der Waals surface area contributed by atoms with Crippen LogP contribution in [0.25, 0.3) is 27.6 Å². The highest BCUT2D eigenvalue weighted by Gasteiger charge is 2.14. The molecule has 1 aromatic carbocycles. The highest BCUT2D eigenvalue weighted by molar-refractivity contribution is 7.98. The molecular weight excluding hydrogens is 286 g/mol. The lowest BCUT2D eigenvalue weighted by Gasteiger charge is -2.02. The van der Waals surface area contributed by atoms with Gasteiger partial charge in [0.05, 0.1) is 5.52 Å². The maximum Gasteiger partial charge on any atom is 0.283 e. The van der Waals surface area contributed by atoms with Gasteiger partial charge in [-0.3, -0.25) is 9.48 Å². The summed E-state index contributed by atoms with van der Waals surface area (Å²) in [6.07, 6.45) is 3.44. The van der Waals surface area contributed by atoms with E-state index in [1.807, 2.05) is 42.3 Å². The van der Waals surface area contributed by atoms with E-state index >= 15 is 0 Å². The molecule has 3 aromatic heterocycles. The van der Waals surface area contributed by atoms with Gasteiger partial charge in [-0.15, -0.1) is 0 Å². The summed E-state index contributed by atoms with van der Waals surface area (Å²) in [7, 11) is 1.85. The van der Waals surface area contributed by atoms with Crippen LogP contribution in [0.4, 0.5) is 0 Å². The first kappa shape index (κ1) is 12.3. The monoisotopic (exact) mass is 297 g/mol. The second-order valence-corrected chi connectivity index (χ2v) is 5.46. The van der Waals surface area contributed by atoms with E-state index in [1.165, 1.54) is 11.8 Å². The van der Waals surface area contributed by atoms with Crippen molar-refractivity contribution in [2.45, 2.75) is 5.16 Å². The minimum atomic E-state index is -0.152. The number of thioether (sulfide) groups is 1. The van der Waals surface area contributed by atoms with Crippen LogP contribution in [-0.4, -0.2) is 30.4 Å². The fourth-order valence-corrected chi connectivity index (χ4v) is 2.89. The van der Waals surface area contributed by atoms with Crippen molar-refractivity contribution in [3.05, 3.63) is 40.8 Å². The lowest BCUT2D eigenvalue weighted by atomic mass is 10.2. The van der Waals surface area contributed by atoms with E-state index in [-0.39, 0.29) is 5.56 Å². The lowest BCUT2D eigenvalue weighted by Crippen LogP contribution is -2.20. The summed E-state index contributed by atoms with van der Waals surface area (Å²) >= 11 is 1.43. The molecule has 0 N–H and O–H groups in total. The molecule has 104 valence electrons. The number of aromatic nitrogens is 5. The molecule has 0 atom stereocenters. The van der Waals surface area contributed by atoms with Crippen LogP contribution >= 0.6 is 11.8 Å². The molecule has 4 aromatic rings. The van der Waals surface area contributed by atoms with Crippen molar-refractivity contribution in [3.63, 3.8) is 0 Å². The van der Waals surface area contributed by atoms with Crippen molar-refractivity contribution in [1.29, 1.82) is 0 Å². The van der Waals surface area contributed by atoms with Gasteiger partial charge in [0.15, 0.2) is 16.5 Å². The molecule has 6 nitrogen and oxygen atoms in total. The third-order valence-corrected chi connectivity index (χ3v) is 4.12. The number of hydrogen-bond donors (Lipinski definition) is 0. The van der Waals surface area contributed by atoms with Gasteiger partial charge in [-0.25, -0.2) is 15.0 Å². The molecule has 0 spiro atoms. The molecule has 21 heavy (non-hydrogen) atoms. The first-order valence-electron chi connectivity index (χ1n) is 6.38. The van der Waals surface area contributed by atoms with Gasteiger partial charge in [0.1, 0.15) is 5.39 Å². The van der Waals surface area contributed by atoms with Gasteiger partial charge in [-0.1, -0.05) is 23.9 Å². The third kappa shape index (κ3) is 1.61. The summed E-state index contributed by atoms with van der Waals surface area (Å²) in [6.45, 7) is 0. The van der Waals surface area contributed by atoms with Crippen molar-refractivity contribution < 1.29 is 0 Å². The van der Waals surface area contributed by atoms with Crippen molar-refractivity contribution >= 4 is 39.3 Å². The molecule has 0 aliphatic heterocycles. The Bertz CT molecular complexity index is 1070. The Balaban J connectivity index is 2.29. The number of nitrogens with zero attached hydrogens (tertiary/aromatic N) is 5. The van der Waals surface area contributed by atoms with E-state index in [2.05, 4.69) is 15.0 Å². The molecule has 7 heteroatoms. The van der Waals surface area contributed by atoms with Gasteiger partial charge in [0, 0.05) is 18.6 Å². The highest BCUT2D eigenvalue weighted by atomic mass is 32.2. The summed E-state index contributed by atoms with van der Waals surface area (Å²) in [4.78, 5) is 25.8. The molecule has 0 aliphatic rings. The van der Waals surface area contributed by atoms with Crippen LogP contribution in [0.15, 0.2) is 40.4 Å². The summed E-state index contributed by atoms with van der Waals surface area (Å²) in [6, 6.07) is 7.80. The van der Waals surface area contributed by atoms with Crippen LogP contribution in [0.5, 0.6) is 0 Å². The topological polar surface area (TPSA) is 65.1 Å². The van der Waals surface area contributed by atoms with E-state index < -0.39 is 0 Å². The van der Waals surface area contributed by atoms with Gasteiger partial charge in [0.2, 0.25) is 0 Å². The van der Waals surface area contributed by atoms with Gasteiger partial charge < -0.3 is 0 Å². The van der Waals surface area contributed by atoms with Crippen molar-refractivity contribution in [2.24, 2.45) is 7.05 Å². The molecule has 0 saturated carbocycles. The number of para-hydroxylation sites is 1. The molecule has 0 fully saturated rings. The zero-order valence-electron chi connectivity index (χ0n) is 11.4. The van der Waals surface area contributed by atoms with Crippen LogP contribution in [0.2, 0.25) is 0 Å². The Morgan fingerprint density at radius 3 is 2.76 bits per heavy atom. The Kier molecular flexibility index (Phi) is 2.52. The summed E-state index contributed by atoms with van der Waals surface area (Å²) in [5, 5.41) is 1.97. The molecular formula is C14H11N5OS. The maximum atomic E-state index is 12.7. The van der Waals surface area contributed by atoms with Crippen LogP contribution < -0.4 is 5.56 Å². The highest BCUT2D eigenvalue weighted by Crippen LogP contribution is 2.20. The fraction of sp³-hybridized carbons (Fsp3) is 0.143. The minimum Gasteiger partial charge on any atom is -0.279 e. The lowest BCUT2D eigenvalue weighted by molar-refractivity contribution is 0.707. The SMILES string of the molecule is CSc1ncc2c(=O)n3c(nc2n1)c1ccccc1n3C. The molecule has 0 aliphatic carbocycles. The van der Waals surface area contributed by atoms with Gasteiger partial charge in [-0.05, 0) is 18.4 Å². The zero-order valence-corrected chi connectivity index (χ0v) is 12.3. The molecule has 3 heterocycles. The van der Waals surface area contributed by atoms with Gasteiger partial charge in [-0.2, -0.15) is 4.52 Å². The minimum absolute atomic E-state index is 0.152. The molecule has 0 amide bonds. The third-order valence-electron chi connectivity index (χ3n) is 3.56. The van der Waals surface area contributed by atoms with Gasteiger partial charge >= 0.3 is 0 Å². The van der Waals surface area contributed by atoms with Crippen LogP contribution in [0, 0.1) is 0 Å². The zero-order chi connectivity index (χ0) is 14.6.